The second-order valence-electron chi connectivity index (χ2n) is 6.28. The summed E-state index contributed by atoms with van der Waals surface area (Å²) in [5.41, 5.74) is -0.562. The maximum Gasteiger partial charge on any atom is 0.329 e. The van der Waals surface area contributed by atoms with E-state index in [0.29, 0.717) is 4.88 Å². The zero-order chi connectivity index (χ0) is 16.2. The van der Waals surface area contributed by atoms with Gasteiger partial charge in [-0.15, -0.1) is 11.3 Å². The SMILES string of the molecule is CC[C@H](C)[C@H](NC(=O)c1ccc(C)s1)C(=O)OC(C)(C)C. The third-order valence-electron chi connectivity index (χ3n) is 3.12. The summed E-state index contributed by atoms with van der Waals surface area (Å²) < 4.78 is 5.41. The molecule has 0 saturated carbocycles. The zero-order valence-electron chi connectivity index (χ0n) is 13.6. The van der Waals surface area contributed by atoms with Crippen LogP contribution in [0.4, 0.5) is 0 Å². The van der Waals surface area contributed by atoms with Crippen LogP contribution in [0.1, 0.15) is 55.6 Å². The molecule has 0 aromatic carbocycles. The number of hydrogen-bond acceptors (Lipinski definition) is 4. The van der Waals surface area contributed by atoms with E-state index in [4.69, 9.17) is 4.74 Å². The topological polar surface area (TPSA) is 55.4 Å². The van der Waals surface area contributed by atoms with Crippen LogP contribution in [0.3, 0.4) is 0 Å². The third-order valence-corrected chi connectivity index (χ3v) is 4.12. The van der Waals surface area contributed by atoms with Crippen LogP contribution in [0, 0.1) is 12.8 Å². The molecule has 1 heterocycles. The van der Waals surface area contributed by atoms with Crippen molar-refractivity contribution < 1.29 is 14.3 Å². The van der Waals surface area contributed by atoms with Crippen LogP contribution in [0.25, 0.3) is 0 Å². The smallest absolute Gasteiger partial charge is 0.329 e. The number of esters is 1. The Labute approximate surface area is 130 Å². The molecule has 0 aliphatic carbocycles. The van der Waals surface area contributed by atoms with Gasteiger partial charge in [0.2, 0.25) is 0 Å². The van der Waals surface area contributed by atoms with Crippen LogP contribution in [0.5, 0.6) is 0 Å². The number of carbonyl (C=O) groups is 2. The third kappa shape index (κ3) is 5.50. The molecule has 1 N–H and O–H groups in total. The van der Waals surface area contributed by atoms with Gasteiger partial charge in [0.15, 0.2) is 0 Å². The highest BCUT2D eigenvalue weighted by molar-refractivity contribution is 7.13. The standard InChI is InChI=1S/C16H25NO3S/c1-7-10(2)13(15(19)20-16(4,5)6)17-14(18)12-9-8-11(3)21-12/h8-10,13H,7H2,1-6H3,(H,17,18)/t10-,13-/m0/s1. The highest BCUT2D eigenvalue weighted by Crippen LogP contribution is 2.18. The molecule has 21 heavy (non-hydrogen) atoms. The molecule has 0 saturated heterocycles. The Morgan fingerprint density at radius 1 is 1.33 bits per heavy atom. The van der Waals surface area contributed by atoms with Crippen molar-refractivity contribution in [3.05, 3.63) is 21.9 Å². The lowest BCUT2D eigenvalue weighted by Gasteiger charge is -2.27. The number of thiophene rings is 1. The minimum Gasteiger partial charge on any atom is -0.458 e. The Hall–Kier alpha value is -1.36. The molecule has 0 spiro atoms. The molecule has 1 amide bonds. The van der Waals surface area contributed by atoms with E-state index in [0.717, 1.165) is 11.3 Å². The quantitative estimate of drug-likeness (QED) is 0.846. The molecular weight excluding hydrogens is 286 g/mol. The molecule has 2 atom stereocenters. The molecule has 1 aromatic rings. The highest BCUT2D eigenvalue weighted by atomic mass is 32.1. The first-order valence-electron chi connectivity index (χ1n) is 7.24. The number of rotatable bonds is 5. The van der Waals surface area contributed by atoms with Crippen molar-refractivity contribution in [3.63, 3.8) is 0 Å². The average Bonchev–Trinajstić information content (AvgIpc) is 2.79. The predicted octanol–water partition coefficient (Wildman–Crippen LogP) is 3.54. The van der Waals surface area contributed by atoms with Gasteiger partial charge in [0.25, 0.3) is 5.91 Å². The lowest BCUT2D eigenvalue weighted by atomic mass is 9.99. The maximum absolute atomic E-state index is 12.3. The minimum absolute atomic E-state index is 0.0184. The van der Waals surface area contributed by atoms with E-state index in [1.165, 1.54) is 11.3 Å². The molecular formula is C16H25NO3S. The number of ether oxygens (including phenoxy) is 1. The maximum atomic E-state index is 12.3. The van der Waals surface area contributed by atoms with Gasteiger partial charge in [-0.2, -0.15) is 0 Å². The fraction of sp³-hybridized carbons (Fsp3) is 0.625. The molecule has 0 bridgehead atoms. The Kier molecular flexibility index (Phi) is 5.96. The Morgan fingerprint density at radius 2 is 1.95 bits per heavy atom. The van der Waals surface area contributed by atoms with Gasteiger partial charge in [0.1, 0.15) is 11.6 Å². The van der Waals surface area contributed by atoms with Crippen LogP contribution < -0.4 is 5.32 Å². The van der Waals surface area contributed by atoms with E-state index in [1.54, 1.807) is 6.07 Å². The molecule has 0 aliphatic heterocycles. The van der Waals surface area contributed by atoms with Crippen LogP contribution in [-0.2, 0) is 9.53 Å². The van der Waals surface area contributed by atoms with Gasteiger partial charge in [0, 0.05) is 4.88 Å². The summed E-state index contributed by atoms with van der Waals surface area (Å²) in [7, 11) is 0. The van der Waals surface area contributed by atoms with E-state index in [2.05, 4.69) is 5.32 Å². The molecule has 5 heteroatoms. The molecule has 1 aromatic heterocycles. The van der Waals surface area contributed by atoms with Crippen molar-refractivity contribution in [2.24, 2.45) is 5.92 Å². The first-order valence-corrected chi connectivity index (χ1v) is 8.06. The summed E-state index contributed by atoms with van der Waals surface area (Å²) in [6.07, 6.45) is 0.785. The van der Waals surface area contributed by atoms with Crippen molar-refractivity contribution >= 4 is 23.2 Å². The lowest BCUT2D eigenvalue weighted by Crippen LogP contribution is -2.47. The van der Waals surface area contributed by atoms with Crippen LogP contribution in [-0.4, -0.2) is 23.5 Å². The van der Waals surface area contributed by atoms with Crippen LogP contribution in [0.2, 0.25) is 0 Å². The summed E-state index contributed by atoms with van der Waals surface area (Å²) in [6, 6.07) is 3.05. The van der Waals surface area contributed by atoms with Gasteiger partial charge >= 0.3 is 5.97 Å². The van der Waals surface area contributed by atoms with Gasteiger partial charge in [0.05, 0.1) is 4.88 Å². The van der Waals surface area contributed by atoms with E-state index in [1.807, 2.05) is 47.6 Å². The van der Waals surface area contributed by atoms with Crippen molar-refractivity contribution in [1.82, 2.24) is 5.32 Å². The van der Waals surface area contributed by atoms with Gasteiger partial charge < -0.3 is 10.1 Å². The molecule has 0 radical (unpaired) electrons. The van der Waals surface area contributed by atoms with Crippen molar-refractivity contribution in [3.8, 4) is 0 Å². The summed E-state index contributed by atoms with van der Waals surface area (Å²) >= 11 is 1.42. The Morgan fingerprint density at radius 3 is 2.38 bits per heavy atom. The molecule has 118 valence electrons. The molecule has 4 nitrogen and oxygen atoms in total. The second kappa shape index (κ2) is 7.07. The van der Waals surface area contributed by atoms with E-state index < -0.39 is 11.6 Å². The second-order valence-corrected chi connectivity index (χ2v) is 7.57. The van der Waals surface area contributed by atoms with Crippen molar-refractivity contribution in [1.29, 1.82) is 0 Å². The first-order chi connectivity index (χ1) is 9.64. The molecule has 0 aliphatic rings. The highest BCUT2D eigenvalue weighted by Gasteiger charge is 2.30. The van der Waals surface area contributed by atoms with Crippen molar-refractivity contribution in [2.75, 3.05) is 0 Å². The van der Waals surface area contributed by atoms with E-state index >= 15 is 0 Å². The van der Waals surface area contributed by atoms with Gasteiger partial charge in [-0.25, -0.2) is 4.79 Å². The zero-order valence-corrected chi connectivity index (χ0v) is 14.5. The lowest BCUT2D eigenvalue weighted by molar-refractivity contribution is -0.158. The number of aryl methyl sites for hydroxylation is 1. The molecule has 1 rings (SSSR count). The number of hydrogen-bond donors (Lipinski definition) is 1. The predicted molar refractivity (Wildman–Crippen MR) is 85.6 cm³/mol. The van der Waals surface area contributed by atoms with Crippen LogP contribution in [0.15, 0.2) is 12.1 Å². The summed E-state index contributed by atoms with van der Waals surface area (Å²) in [5.74, 6) is -0.576. The average molecular weight is 311 g/mol. The fourth-order valence-corrected chi connectivity index (χ4v) is 2.57. The summed E-state index contributed by atoms with van der Waals surface area (Å²) in [6.45, 7) is 11.3. The van der Waals surface area contributed by atoms with Gasteiger partial charge in [-0.1, -0.05) is 20.3 Å². The first kappa shape index (κ1) is 17.7. The Bertz CT molecular complexity index is 502. The summed E-state index contributed by atoms with van der Waals surface area (Å²) in [5, 5.41) is 2.82. The monoisotopic (exact) mass is 311 g/mol. The summed E-state index contributed by atoms with van der Waals surface area (Å²) in [4.78, 5) is 26.2. The normalized spacial score (nSPS) is 14.4. The number of carbonyl (C=O) groups excluding carboxylic acids is 2. The minimum atomic E-state index is -0.621. The fourth-order valence-electron chi connectivity index (χ4n) is 1.80. The number of amides is 1. The van der Waals surface area contributed by atoms with Crippen LogP contribution >= 0.6 is 11.3 Å². The molecule has 0 unspecified atom stereocenters. The van der Waals surface area contributed by atoms with E-state index in [9.17, 15) is 9.59 Å². The van der Waals surface area contributed by atoms with Gasteiger partial charge in [-0.3, -0.25) is 4.79 Å². The van der Waals surface area contributed by atoms with Crippen molar-refractivity contribution in [2.45, 2.75) is 59.6 Å². The largest absolute Gasteiger partial charge is 0.458 e. The number of nitrogens with one attached hydrogen (secondary N) is 1. The van der Waals surface area contributed by atoms with Gasteiger partial charge in [-0.05, 0) is 45.7 Å². The molecule has 0 fully saturated rings. The Balaban J connectivity index is 2.83. The van der Waals surface area contributed by atoms with E-state index in [-0.39, 0.29) is 17.8 Å².